The number of nitrogens with one attached hydrogen (secondary N) is 1. The maximum absolute atomic E-state index is 12.6. The van der Waals surface area contributed by atoms with Gasteiger partial charge < -0.3 is 20.7 Å². The fraction of sp³-hybridized carbons (Fsp3) is 0.263. The molecule has 0 bridgehead atoms. The van der Waals surface area contributed by atoms with Crippen molar-refractivity contribution in [3.63, 3.8) is 0 Å². The normalized spacial score (nSPS) is 13.0. The summed E-state index contributed by atoms with van der Waals surface area (Å²) in [5.41, 5.74) is 8.17. The molecule has 6 heteroatoms. The Labute approximate surface area is 146 Å². The average molecular weight is 339 g/mol. The molecule has 1 heterocycles. The number of hydrogen-bond acceptors (Lipinski definition) is 3. The van der Waals surface area contributed by atoms with Crippen LogP contribution in [0.1, 0.15) is 17.5 Å². The van der Waals surface area contributed by atoms with Crippen LogP contribution in [0, 0.1) is 0 Å². The predicted molar refractivity (Wildman–Crippen MR) is 95.3 cm³/mol. The highest BCUT2D eigenvalue weighted by Gasteiger charge is 2.21. The average Bonchev–Trinajstić information content (AvgIpc) is 2.62. The molecule has 3 N–H and O–H groups in total. The van der Waals surface area contributed by atoms with Crippen LogP contribution in [-0.4, -0.2) is 30.0 Å². The number of para-hydroxylation sites is 2. The first-order chi connectivity index (χ1) is 12.1. The van der Waals surface area contributed by atoms with Gasteiger partial charge in [0.2, 0.25) is 5.91 Å². The summed E-state index contributed by atoms with van der Waals surface area (Å²) in [4.78, 5) is 25.2. The summed E-state index contributed by atoms with van der Waals surface area (Å²) >= 11 is 0. The molecule has 0 spiro atoms. The van der Waals surface area contributed by atoms with Crippen LogP contribution in [0.5, 0.6) is 5.75 Å². The maximum Gasteiger partial charge on any atom is 0.322 e. The topological polar surface area (TPSA) is 84.7 Å². The van der Waals surface area contributed by atoms with Crippen LogP contribution >= 0.6 is 0 Å². The van der Waals surface area contributed by atoms with Crippen molar-refractivity contribution in [3.05, 3.63) is 59.7 Å². The molecule has 2 aromatic rings. The number of rotatable bonds is 5. The number of fused-ring (bicyclic) bond motifs is 1. The summed E-state index contributed by atoms with van der Waals surface area (Å²) in [6, 6.07) is 15.2. The zero-order valence-electron chi connectivity index (χ0n) is 13.9. The van der Waals surface area contributed by atoms with Crippen molar-refractivity contribution in [2.75, 3.05) is 18.5 Å². The second kappa shape index (κ2) is 7.70. The molecule has 0 aliphatic carbocycles. The van der Waals surface area contributed by atoms with E-state index in [-0.39, 0.29) is 19.1 Å². The van der Waals surface area contributed by atoms with Gasteiger partial charge >= 0.3 is 6.03 Å². The quantitative estimate of drug-likeness (QED) is 0.878. The van der Waals surface area contributed by atoms with Crippen molar-refractivity contribution >= 4 is 17.6 Å². The first-order valence-corrected chi connectivity index (χ1v) is 8.26. The number of ether oxygens (including phenoxy) is 1. The van der Waals surface area contributed by atoms with Crippen LogP contribution in [0.3, 0.4) is 0 Å². The number of hydrogen-bond donors (Lipinski definition) is 2. The standard InChI is InChI=1S/C19H21N3O3/c20-18(23)10-12-25-17-8-4-3-7-16(17)21-19(24)22-11-9-14-5-1-2-6-15(14)13-22/h1-8H,9-13H2,(H2,20,23)(H,21,24). The van der Waals surface area contributed by atoms with Crippen molar-refractivity contribution in [3.8, 4) is 5.75 Å². The highest BCUT2D eigenvalue weighted by atomic mass is 16.5. The van der Waals surface area contributed by atoms with E-state index in [1.54, 1.807) is 17.0 Å². The number of urea groups is 1. The van der Waals surface area contributed by atoms with Gasteiger partial charge in [-0.2, -0.15) is 0 Å². The smallest absolute Gasteiger partial charge is 0.322 e. The molecule has 25 heavy (non-hydrogen) atoms. The minimum Gasteiger partial charge on any atom is -0.491 e. The molecule has 2 aromatic carbocycles. The summed E-state index contributed by atoms with van der Waals surface area (Å²) in [7, 11) is 0. The van der Waals surface area contributed by atoms with Crippen LogP contribution in [0.4, 0.5) is 10.5 Å². The fourth-order valence-corrected chi connectivity index (χ4v) is 2.82. The fourth-order valence-electron chi connectivity index (χ4n) is 2.82. The molecule has 0 aromatic heterocycles. The Balaban J connectivity index is 1.64. The van der Waals surface area contributed by atoms with Crippen LogP contribution in [0.2, 0.25) is 0 Å². The van der Waals surface area contributed by atoms with E-state index in [2.05, 4.69) is 17.4 Å². The summed E-state index contributed by atoms with van der Waals surface area (Å²) in [6.07, 6.45) is 0.978. The Morgan fingerprint density at radius 3 is 2.60 bits per heavy atom. The summed E-state index contributed by atoms with van der Waals surface area (Å²) in [5.74, 6) is 0.100. The Morgan fingerprint density at radius 2 is 1.80 bits per heavy atom. The molecule has 1 aliphatic heterocycles. The second-order valence-corrected chi connectivity index (χ2v) is 5.93. The van der Waals surface area contributed by atoms with Gasteiger partial charge in [0.05, 0.1) is 18.7 Å². The lowest BCUT2D eigenvalue weighted by Crippen LogP contribution is -2.38. The van der Waals surface area contributed by atoms with Gasteiger partial charge in [0.15, 0.2) is 0 Å². The molecule has 0 atom stereocenters. The second-order valence-electron chi connectivity index (χ2n) is 5.93. The van der Waals surface area contributed by atoms with Crippen molar-refractivity contribution < 1.29 is 14.3 Å². The van der Waals surface area contributed by atoms with Crippen molar-refractivity contribution in [1.82, 2.24) is 4.90 Å². The van der Waals surface area contributed by atoms with E-state index in [1.165, 1.54) is 11.1 Å². The number of amides is 3. The minimum atomic E-state index is -0.423. The Bertz CT molecular complexity index is 776. The number of nitrogens with zero attached hydrogens (tertiary/aromatic N) is 1. The SMILES string of the molecule is NC(=O)CCOc1ccccc1NC(=O)N1CCc2ccccc2C1. The molecular formula is C19H21N3O3. The zero-order chi connectivity index (χ0) is 17.6. The summed E-state index contributed by atoms with van der Waals surface area (Å²) in [6.45, 7) is 1.44. The van der Waals surface area contributed by atoms with Gasteiger partial charge in [-0.15, -0.1) is 0 Å². The van der Waals surface area contributed by atoms with Crippen molar-refractivity contribution in [2.24, 2.45) is 5.73 Å². The van der Waals surface area contributed by atoms with E-state index in [9.17, 15) is 9.59 Å². The molecule has 130 valence electrons. The maximum atomic E-state index is 12.6. The molecule has 0 saturated heterocycles. The van der Waals surface area contributed by atoms with Gasteiger partial charge in [-0.3, -0.25) is 4.79 Å². The third-order valence-electron chi connectivity index (χ3n) is 4.15. The number of primary amides is 1. The monoisotopic (exact) mass is 339 g/mol. The Morgan fingerprint density at radius 1 is 1.08 bits per heavy atom. The largest absolute Gasteiger partial charge is 0.491 e. The van der Waals surface area contributed by atoms with E-state index in [0.29, 0.717) is 24.5 Å². The molecule has 0 unspecified atom stereocenters. The van der Waals surface area contributed by atoms with Crippen LogP contribution in [0.25, 0.3) is 0 Å². The highest BCUT2D eigenvalue weighted by Crippen LogP contribution is 2.25. The van der Waals surface area contributed by atoms with E-state index in [1.807, 2.05) is 24.3 Å². The molecule has 0 radical (unpaired) electrons. The number of anilines is 1. The van der Waals surface area contributed by atoms with Gasteiger partial charge in [0.25, 0.3) is 0 Å². The molecule has 3 rings (SSSR count). The summed E-state index contributed by atoms with van der Waals surface area (Å²) < 4.78 is 5.56. The number of benzene rings is 2. The molecule has 0 fully saturated rings. The van der Waals surface area contributed by atoms with Crippen LogP contribution < -0.4 is 15.8 Å². The molecule has 0 saturated carbocycles. The summed E-state index contributed by atoms with van der Waals surface area (Å²) in [5, 5.41) is 2.89. The lowest BCUT2D eigenvalue weighted by atomic mass is 10.0. The van der Waals surface area contributed by atoms with Crippen LogP contribution in [-0.2, 0) is 17.8 Å². The molecule has 3 amide bonds. The Kier molecular flexibility index (Phi) is 5.18. The van der Waals surface area contributed by atoms with Gasteiger partial charge in [0.1, 0.15) is 5.75 Å². The minimum absolute atomic E-state index is 0.130. The molecule has 1 aliphatic rings. The zero-order valence-corrected chi connectivity index (χ0v) is 13.9. The first kappa shape index (κ1) is 16.8. The predicted octanol–water partition coefficient (Wildman–Crippen LogP) is 2.53. The van der Waals surface area contributed by atoms with Crippen molar-refractivity contribution in [2.45, 2.75) is 19.4 Å². The van der Waals surface area contributed by atoms with Gasteiger partial charge in [-0.25, -0.2) is 4.79 Å². The van der Waals surface area contributed by atoms with Gasteiger partial charge in [-0.1, -0.05) is 36.4 Å². The molecular weight excluding hydrogens is 318 g/mol. The van der Waals surface area contributed by atoms with Gasteiger partial charge in [-0.05, 0) is 29.7 Å². The van der Waals surface area contributed by atoms with Crippen LogP contribution in [0.15, 0.2) is 48.5 Å². The number of carbonyl (C=O) groups excluding carboxylic acids is 2. The lowest BCUT2D eigenvalue weighted by Gasteiger charge is -2.29. The van der Waals surface area contributed by atoms with Crippen molar-refractivity contribution in [1.29, 1.82) is 0 Å². The number of carbonyl (C=O) groups is 2. The lowest BCUT2D eigenvalue weighted by molar-refractivity contribution is -0.118. The number of nitrogens with two attached hydrogens (primary N) is 1. The highest BCUT2D eigenvalue weighted by molar-refractivity contribution is 5.91. The molecule has 6 nitrogen and oxygen atoms in total. The van der Waals surface area contributed by atoms with E-state index >= 15 is 0 Å². The van der Waals surface area contributed by atoms with Gasteiger partial charge in [0, 0.05) is 13.1 Å². The van der Waals surface area contributed by atoms with E-state index < -0.39 is 5.91 Å². The van der Waals surface area contributed by atoms with E-state index in [0.717, 1.165) is 6.42 Å². The Hall–Kier alpha value is -3.02. The third kappa shape index (κ3) is 4.29. The van der Waals surface area contributed by atoms with E-state index in [4.69, 9.17) is 10.5 Å². The third-order valence-corrected chi connectivity index (χ3v) is 4.15. The first-order valence-electron chi connectivity index (χ1n) is 8.26.